The summed E-state index contributed by atoms with van der Waals surface area (Å²) >= 11 is 0. The molecule has 1 aliphatic heterocycles. The summed E-state index contributed by atoms with van der Waals surface area (Å²) in [6.45, 7) is 0.819. The van der Waals surface area contributed by atoms with Gasteiger partial charge in [0.15, 0.2) is 0 Å². The maximum Gasteiger partial charge on any atom is 0.257 e. The van der Waals surface area contributed by atoms with Crippen molar-refractivity contribution in [1.82, 2.24) is 19.7 Å². The Balaban J connectivity index is 1.92. The SMILES string of the molecule is Cn1cccc1C1CCCCCN1C(=O)c1cn[nH]c1. The van der Waals surface area contributed by atoms with Gasteiger partial charge < -0.3 is 9.47 Å². The zero-order valence-electron chi connectivity index (χ0n) is 11.7. The molecule has 3 heterocycles. The van der Waals surface area contributed by atoms with E-state index in [2.05, 4.69) is 20.8 Å². The summed E-state index contributed by atoms with van der Waals surface area (Å²) in [6.07, 6.45) is 9.79. The molecule has 0 saturated carbocycles. The number of aromatic nitrogens is 3. The first kappa shape index (κ1) is 13.0. The van der Waals surface area contributed by atoms with Crippen molar-refractivity contribution >= 4 is 5.91 Å². The molecule has 1 unspecified atom stereocenters. The van der Waals surface area contributed by atoms with Gasteiger partial charge in [0.2, 0.25) is 0 Å². The minimum atomic E-state index is 0.0758. The van der Waals surface area contributed by atoms with Gasteiger partial charge in [0.1, 0.15) is 0 Å². The van der Waals surface area contributed by atoms with Gasteiger partial charge in [0, 0.05) is 31.7 Å². The number of aryl methyl sites for hydroxylation is 1. The summed E-state index contributed by atoms with van der Waals surface area (Å²) in [5, 5.41) is 6.61. The Morgan fingerprint density at radius 3 is 3.00 bits per heavy atom. The Labute approximate surface area is 118 Å². The average molecular weight is 272 g/mol. The van der Waals surface area contributed by atoms with Gasteiger partial charge >= 0.3 is 0 Å². The van der Waals surface area contributed by atoms with E-state index in [1.54, 1.807) is 12.4 Å². The molecule has 5 nitrogen and oxygen atoms in total. The van der Waals surface area contributed by atoms with Crippen LogP contribution < -0.4 is 0 Å². The van der Waals surface area contributed by atoms with Gasteiger partial charge in [-0.2, -0.15) is 5.10 Å². The molecular weight excluding hydrogens is 252 g/mol. The van der Waals surface area contributed by atoms with E-state index in [4.69, 9.17) is 0 Å². The van der Waals surface area contributed by atoms with E-state index in [1.165, 1.54) is 18.5 Å². The second kappa shape index (κ2) is 5.53. The molecular formula is C15H20N4O. The van der Waals surface area contributed by atoms with Gasteiger partial charge in [-0.1, -0.05) is 12.8 Å². The average Bonchev–Trinajstić information content (AvgIpc) is 3.05. The van der Waals surface area contributed by atoms with Crippen molar-refractivity contribution in [2.75, 3.05) is 6.54 Å². The minimum absolute atomic E-state index is 0.0758. The molecule has 2 aromatic heterocycles. The molecule has 0 spiro atoms. The molecule has 0 bridgehead atoms. The van der Waals surface area contributed by atoms with Gasteiger partial charge in [-0.25, -0.2) is 0 Å². The third-order valence-electron chi connectivity index (χ3n) is 4.08. The van der Waals surface area contributed by atoms with Crippen LogP contribution in [0.1, 0.15) is 47.8 Å². The van der Waals surface area contributed by atoms with E-state index in [0.29, 0.717) is 5.56 Å². The highest BCUT2D eigenvalue weighted by Crippen LogP contribution is 2.31. The number of aromatic amines is 1. The van der Waals surface area contributed by atoms with Crippen LogP contribution in [0.25, 0.3) is 0 Å². The molecule has 1 aliphatic rings. The van der Waals surface area contributed by atoms with Crippen LogP contribution in [0.2, 0.25) is 0 Å². The van der Waals surface area contributed by atoms with Crippen LogP contribution in [0.4, 0.5) is 0 Å². The zero-order valence-corrected chi connectivity index (χ0v) is 11.7. The van der Waals surface area contributed by atoms with E-state index in [1.807, 2.05) is 24.2 Å². The van der Waals surface area contributed by atoms with Crippen LogP contribution in [0, 0.1) is 0 Å². The van der Waals surface area contributed by atoms with Crippen LogP contribution in [0.5, 0.6) is 0 Å². The fourth-order valence-electron chi connectivity index (χ4n) is 3.01. The predicted octanol–water partition coefficient (Wildman–Crippen LogP) is 2.51. The molecule has 1 saturated heterocycles. The van der Waals surface area contributed by atoms with E-state index in [0.717, 1.165) is 19.4 Å². The summed E-state index contributed by atoms with van der Waals surface area (Å²) in [5.74, 6) is 0.0758. The van der Waals surface area contributed by atoms with E-state index in [-0.39, 0.29) is 11.9 Å². The maximum absolute atomic E-state index is 12.7. The number of carbonyl (C=O) groups is 1. The predicted molar refractivity (Wildman–Crippen MR) is 76.2 cm³/mol. The Kier molecular flexibility index (Phi) is 3.58. The number of nitrogens with zero attached hydrogens (tertiary/aromatic N) is 3. The van der Waals surface area contributed by atoms with Crippen molar-refractivity contribution in [3.05, 3.63) is 42.0 Å². The number of nitrogens with one attached hydrogen (secondary N) is 1. The Bertz CT molecular complexity index is 572. The minimum Gasteiger partial charge on any atom is -0.353 e. The molecule has 2 aromatic rings. The summed E-state index contributed by atoms with van der Waals surface area (Å²) in [4.78, 5) is 14.7. The third kappa shape index (κ3) is 2.35. The van der Waals surface area contributed by atoms with Gasteiger partial charge in [-0.3, -0.25) is 9.89 Å². The lowest BCUT2D eigenvalue weighted by atomic mass is 10.1. The summed E-state index contributed by atoms with van der Waals surface area (Å²) < 4.78 is 2.12. The summed E-state index contributed by atoms with van der Waals surface area (Å²) in [5.41, 5.74) is 1.86. The number of carbonyl (C=O) groups excluding carboxylic acids is 1. The molecule has 1 amide bonds. The topological polar surface area (TPSA) is 53.9 Å². The van der Waals surface area contributed by atoms with E-state index in [9.17, 15) is 4.79 Å². The molecule has 3 rings (SSSR count). The Morgan fingerprint density at radius 2 is 2.30 bits per heavy atom. The number of amides is 1. The fourth-order valence-corrected chi connectivity index (χ4v) is 3.01. The molecule has 106 valence electrons. The second-order valence-electron chi connectivity index (χ2n) is 5.39. The van der Waals surface area contributed by atoms with Gasteiger partial charge in [0.05, 0.1) is 17.8 Å². The largest absolute Gasteiger partial charge is 0.353 e. The van der Waals surface area contributed by atoms with E-state index < -0.39 is 0 Å². The molecule has 1 atom stereocenters. The quantitative estimate of drug-likeness (QED) is 0.913. The fraction of sp³-hybridized carbons (Fsp3) is 0.467. The highest BCUT2D eigenvalue weighted by Gasteiger charge is 2.29. The normalized spacial score (nSPS) is 19.9. The third-order valence-corrected chi connectivity index (χ3v) is 4.08. The van der Waals surface area contributed by atoms with Crippen molar-refractivity contribution in [2.45, 2.75) is 31.7 Å². The van der Waals surface area contributed by atoms with Crippen molar-refractivity contribution in [2.24, 2.45) is 7.05 Å². The number of rotatable bonds is 2. The first-order valence-corrected chi connectivity index (χ1v) is 7.18. The maximum atomic E-state index is 12.7. The van der Waals surface area contributed by atoms with Crippen molar-refractivity contribution < 1.29 is 4.79 Å². The number of likely N-dealkylation sites (tertiary alicyclic amines) is 1. The number of hydrogen-bond donors (Lipinski definition) is 1. The van der Waals surface area contributed by atoms with Crippen molar-refractivity contribution in [3.8, 4) is 0 Å². The van der Waals surface area contributed by atoms with Crippen LogP contribution in [0.15, 0.2) is 30.7 Å². The van der Waals surface area contributed by atoms with Crippen LogP contribution in [0.3, 0.4) is 0 Å². The Hall–Kier alpha value is -2.04. The van der Waals surface area contributed by atoms with Gasteiger partial charge in [-0.15, -0.1) is 0 Å². The molecule has 0 aromatic carbocycles. The zero-order chi connectivity index (χ0) is 13.9. The van der Waals surface area contributed by atoms with Crippen LogP contribution in [-0.4, -0.2) is 32.1 Å². The second-order valence-corrected chi connectivity index (χ2v) is 5.39. The smallest absolute Gasteiger partial charge is 0.257 e. The lowest BCUT2D eigenvalue weighted by Gasteiger charge is -2.30. The lowest BCUT2D eigenvalue weighted by Crippen LogP contribution is -2.35. The number of H-pyrrole nitrogens is 1. The first-order chi connectivity index (χ1) is 9.77. The molecule has 0 radical (unpaired) electrons. The molecule has 5 heteroatoms. The van der Waals surface area contributed by atoms with Gasteiger partial charge in [-0.05, 0) is 25.0 Å². The monoisotopic (exact) mass is 272 g/mol. The van der Waals surface area contributed by atoms with E-state index >= 15 is 0 Å². The molecule has 20 heavy (non-hydrogen) atoms. The van der Waals surface area contributed by atoms with Crippen LogP contribution >= 0.6 is 0 Å². The van der Waals surface area contributed by atoms with Crippen LogP contribution in [-0.2, 0) is 7.05 Å². The Morgan fingerprint density at radius 1 is 1.40 bits per heavy atom. The summed E-state index contributed by atoms with van der Waals surface area (Å²) in [7, 11) is 2.04. The molecule has 0 aliphatic carbocycles. The molecule has 1 fully saturated rings. The van der Waals surface area contributed by atoms with Gasteiger partial charge in [0.25, 0.3) is 5.91 Å². The number of hydrogen-bond acceptors (Lipinski definition) is 2. The lowest BCUT2D eigenvalue weighted by molar-refractivity contribution is 0.0674. The van der Waals surface area contributed by atoms with Crippen molar-refractivity contribution in [1.29, 1.82) is 0 Å². The summed E-state index contributed by atoms with van der Waals surface area (Å²) in [6, 6.07) is 4.33. The molecule has 1 N–H and O–H groups in total. The first-order valence-electron chi connectivity index (χ1n) is 7.18. The highest BCUT2D eigenvalue weighted by molar-refractivity contribution is 5.94. The highest BCUT2D eigenvalue weighted by atomic mass is 16.2. The van der Waals surface area contributed by atoms with Crippen molar-refractivity contribution in [3.63, 3.8) is 0 Å². The standard InChI is InChI=1S/C15H20N4O/c1-18-8-5-7-13(18)14-6-3-2-4-9-19(14)15(20)12-10-16-17-11-12/h5,7-8,10-11,14H,2-4,6,9H2,1H3,(H,16,17).